The molecule has 0 radical (unpaired) electrons. The molecule has 4 nitrogen and oxygen atoms in total. The Morgan fingerprint density at radius 1 is 1.19 bits per heavy atom. The van der Waals surface area contributed by atoms with Crippen LogP contribution in [0, 0.1) is 10.1 Å². The minimum absolute atomic E-state index is 0.0458. The Kier molecular flexibility index (Phi) is 5.45. The summed E-state index contributed by atoms with van der Waals surface area (Å²) in [5, 5.41) is 12.1. The smallest absolute Gasteiger partial charge is 0.269 e. The molecule has 0 saturated carbocycles. The highest BCUT2D eigenvalue weighted by Crippen LogP contribution is 2.34. The molecule has 0 aliphatic heterocycles. The SMILES string of the molecule is O=[N+]([O-])c1ccc(COc2c(Cl)cc(Cl)cc2CBr)cc1. The number of ether oxygens (including phenoxy) is 1. The van der Waals surface area contributed by atoms with Gasteiger partial charge in [0.05, 0.1) is 9.95 Å². The van der Waals surface area contributed by atoms with Crippen molar-refractivity contribution < 1.29 is 9.66 Å². The fourth-order valence-corrected chi connectivity index (χ4v) is 2.75. The molecule has 0 unspecified atom stereocenters. The summed E-state index contributed by atoms with van der Waals surface area (Å²) in [6.45, 7) is 0.263. The fraction of sp³-hybridized carbons (Fsp3) is 0.143. The lowest BCUT2D eigenvalue weighted by Crippen LogP contribution is -1.99. The first-order valence-corrected chi connectivity index (χ1v) is 7.79. The van der Waals surface area contributed by atoms with Crippen molar-refractivity contribution in [3.8, 4) is 5.75 Å². The zero-order valence-corrected chi connectivity index (χ0v) is 13.8. The second kappa shape index (κ2) is 7.11. The molecule has 0 saturated heterocycles. The molecule has 0 aliphatic rings. The molecule has 0 N–H and O–H groups in total. The molecule has 2 rings (SSSR count). The van der Waals surface area contributed by atoms with E-state index in [1.54, 1.807) is 24.3 Å². The van der Waals surface area contributed by atoms with Gasteiger partial charge in [-0.05, 0) is 29.8 Å². The first kappa shape index (κ1) is 16.1. The number of benzene rings is 2. The number of hydrogen-bond acceptors (Lipinski definition) is 3. The van der Waals surface area contributed by atoms with Crippen LogP contribution < -0.4 is 4.74 Å². The Morgan fingerprint density at radius 2 is 1.86 bits per heavy atom. The molecule has 0 amide bonds. The van der Waals surface area contributed by atoms with Crippen LogP contribution in [0.4, 0.5) is 5.69 Å². The maximum atomic E-state index is 10.6. The van der Waals surface area contributed by atoms with Crippen molar-refractivity contribution in [1.29, 1.82) is 0 Å². The maximum Gasteiger partial charge on any atom is 0.269 e. The highest BCUT2D eigenvalue weighted by Gasteiger charge is 2.11. The predicted octanol–water partition coefficient (Wildman–Crippen LogP) is 5.38. The second-order valence-electron chi connectivity index (χ2n) is 4.22. The standard InChI is InChI=1S/C14H10BrCl2NO3/c15-7-10-5-11(16)6-13(17)14(10)21-8-9-1-3-12(4-2-9)18(19)20/h1-6H,7-8H2. The number of halogens is 3. The van der Waals surface area contributed by atoms with E-state index in [1.165, 1.54) is 12.1 Å². The van der Waals surface area contributed by atoms with Crippen LogP contribution in [0.2, 0.25) is 10.0 Å². The molecule has 0 spiro atoms. The average molecular weight is 391 g/mol. The molecule has 0 aromatic heterocycles. The highest BCUT2D eigenvalue weighted by molar-refractivity contribution is 9.08. The zero-order valence-electron chi connectivity index (χ0n) is 10.7. The van der Waals surface area contributed by atoms with Crippen molar-refractivity contribution in [2.24, 2.45) is 0 Å². The maximum absolute atomic E-state index is 10.6. The molecular formula is C14H10BrCl2NO3. The molecule has 0 atom stereocenters. The number of nitro groups is 1. The molecule has 0 heterocycles. The van der Waals surface area contributed by atoms with Gasteiger partial charge < -0.3 is 4.74 Å². The van der Waals surface area contributed by atoms with Gasteiger partial charge in [-0.3, -0.25) is 10.1 Å². The summed E-state index contributed by atoms with van der Waals surface area (Å²) in [5.74, 6) is 0.552. The largest absolute Gasteiger partial charge is 0.487 e. The van der Waals surface area contributed by atoms with Crippen LogP contribution in [0.3, 0.4) is 0 Å². The molecule has 0 aliphatic carbocycles. The van der Waals surface area contributed by atoms with Crippen molar-refractivity contribution in [2.45, 2.75) is 11.9 Å². The molecule has 0 fully saturated rings. The predicted molar refractivity (Wildman–Crippen MR) is 86.5 cm³/mol. The van der Waals surface area contributed by atoms with Gasteiger partial charge in [-0.15, -0.1) is 0 Å². The van der Waals surface area contributed by atoms with E-state index in [0.29, 0.717) is 21.1 Å². The second-order valence-corrected chi connectivity index (χ2v) is 5.63. The van der Waals surface area contributed by atoms with Crippen LogP contribution in [-0.2, 0) is 11.9 Å². The molecule has 7 heteroatoms. The third-order valence-electron chi connectivity index (χ3n) is 2.76. The Morgan fingerprint density at radius 3 is 2.43 bits per heavy atom. The van der Waals surface area contributed by atoms with E-state index in [9.17, 15) is 10.1 Å². The third kappa shape index (κ3) is 4.09. The number of nitro benzene ring substituents is 1. The van der Waals surface area contributed by atoms with Gasteiger partial charge in [0, 0.05) is 28.0 Å². The van der Waals surface area contributed by atoms with Gasteiger partial charge in [-0.25, -0.2) is 0 Å². The minimum atomic E-state index is -0.441. The topological polar surface area (TPSA) is 52.4 Å². The van der Waals surface area contributed by atoms with E-state index >= 15 is 0 Å². The van der Waals surface area contributed by atoms with E-state index < -0.39 is 4.92 Å². The van der Waals surface area contributed by atoms with Crippen molar-refractivity contribution >= 4 is 44.8 Å². The number of hydrogen-bond donors (Lipinski definition) is 0. The van der Waals surface area contributed by atoms with Gasteiger partial charge >= 0.3 is 0 Å². The number of non-ortho nitro benzene ring substituents is 1. The summed E-state index contributed by atoms with van der Waals surface area (Å²) in [5.41, 5.74) is 1.70. The van der Waals surface area contributed by atoms with E-state index in [1.807, 2.05) is 0 Å². The summed E-state index contributed by atoms with van der Waals surface area (Å²) in [6.07, 6.45) is 0. The lowest BCUT2D eigenvalue weighted by atomic mass is 10.2. The van der Waals surface area contributed by atoms with Crippen molar-refractivity contribution in [1.82, 2.24) is 0 Å². The first-order chi connectivity index (χ1) is 10.0. The Bertz CT molecular complexity index is 662. The Hall–Kier alpha value is -1.30. The molecule has 110 valence electrons. The van der Waals surface area contributed by atoms with Gasteiger partial charge in [0.1, 0.15) is 12.4 Å². The van der Waals surface area contributed by atoms with Crippen LogP contribution in [0.15, 0.2) is 36.4 Å². The van der Waals surface area contributed by atoms with Gasteiger partial charge in [-0.2, -0.15) is 0 Å². The van der Waals surface area contributed by atoms with E-state index in [2.05, 4.69) is 15.9 Å². The summed E-state index contributed by atoms with van der Waals surface area (Å²) < 4.78 is 5.71. The highest BCUT2D eigenvalue weighted by atomic mass is 79.9. The average Bonchev–Trinajstić information content (AvgIpc) is 2.46. The normalized spacial score (nSPS) is 10.4. The minimum Gasteiger partial charge on any atom is -0.487 e. The van der Waals surface area contributed by atoms with Gasteiger partial charge in [0.15, 0.2) is 0 Å². The molecule has 0 bridgehead atoms. The lowest BCUT2D eigenvalue weighted by Gasteiger charge is -2.12. The first-order valence-electron chi connectivity index (χ1n) is 5.91. The molecule has 21 heavy (non-hydrogen) atoms. The van der Waals surface area contributed by atoms with Crippen LogP contribution in [-0.4, -0.2) is 4.92 Å². The van der Waals surface area contributed by atoms with E-state index in [0.717, 1.165) is 11.1 Å². The third-order valence-corrected chi connectivity index (χ3v) is 3.86. The lowest BCUT2D eigenvalue weighted by molar-refractivity contribution is -0.384. The number of nitrogens with zero attached hydrogens (tertiary/aromatic N) is 1. The summed E-state index contributed by atoms with van der Waals surface area (Å²) in [6, 6.07) is 9.56. The molecule has 2 aromatic carbocycles. The van der Waals surface area contributed by atoms with Gasteiger partial charge in [-0.1, -0.05) is 39.1 Å². The Labute approximate surface area is 139 Å². The molecule has 2 aromatic rings. The van der Waals surface area contributed by atoms with Crippen molar-refractivity contribution in [3.63, 3.8) is 0 Å². The van der Waals surface area contributed by atoms with Crippen molar-refractivity contribution in [2.75, 3.05) is 0 Å². The van der Waals surface area contributed by atoms with E-state index in [4.69, 9.17) is 27.9 Å². The summed E-state index contributed by atoms with van der Waals surface area (Å²) in [4.78, 5) is 10.1. The van der Waals surface area contributed by atoms with Crippen LogP contribution >= 0.6 is 39.1 Å². The Balaban J connectivity index is 2.14. The van der Waals surface area contributed by atoms with Crippen LogP contribution in [0.5, 0.6) is 5.75 Å². The molecular weight excluding hydrogens is 381 g/mol. The van der Waals surface area contributed by atoms with Crippen LogP contribution in [0.25, 0.3) is 0 Å². The number of rotatable bonds is 5. The van der Waals surface area contributed by atoms with Gasteiger partial charge in [0.2, 0.25) is 0 Å². The van der Waals surface area contributed by atoms with Gasteiger partial charge in [0.25, 0.3) is 5.69 Å². The number of alkyl halides is 1. The quantitative estimate of drug-likeness (QED) is 0.391. The van der Waals surface area contributed by atoms with Crippen LogP contribution in [0.1, 0.15) is 11.1 Å². The zero-order chi connectivity index (χ0) is 15.4. The summed E-state index contributed by atoms with van der Waals surface area (Å²) >= 11 is 15.4. The van der Waals surface area contributed by atoms with E-state index in [-0.39, 0.29) is 12.3 Å². The monoisotopic (exact) mass is 389 g/mol. The fourth-order valence-electron chi connectivity index (χ4n) is 1.74. The van der Waals surface area contributed by atoms with Crippen molar-refractivity contribution in [3.05, 3.63) is 67.7 Å². The summed E-state index contributed by atoms with van der Waals surface area (Å²) in [7, 11) is 0.